The number of aliphatic hydroxyl groups is 2. The first-order valence-electron chi connectivity index (χ1n) is 5.25. The highest BCUT2D eigenvalue weighted by molar-refractivity contribution is 5.01. The molecular weight excluding hydrogens is 166 g/mol. The van der Waals surface area contributed by atoms with Gasteiger partial charge in [-0.1, -0.05) is 6.42 Å². The SMILES string of the molecule is OCCN1C[C@@H](CO)C2(CCC2)C1. The van der Waals surface area contributed by atoms with Gasteiger partial charge >= 0.3 is 0 Å². The summed E-state index contributed by atoms with van der Waals surface area (Å²) in [5, 5.41) is 18.1. The molecule has 1 heterocycles. The third kappa shape index (κ3) is 1.49. The molecule has 1 saturated heterocycles. The minimum Gasteiger partial charge on any atom is -0.396 e. The van der Waals surface area contributed by atoms with Crippen molar-refractivity contribution >= 4 is 0 Å². The van der Waals surface area contributed by atoms with Crippen LogP contribution in [0.2, 0.25) is 0 Å². The Morgan fingerprint density at radius 1 is 1.31 bits per heavy atom. The molecule has 2 fully saturated rings. The summed E-state index contributed by atoms with van der Waals surface area (Å²) in [5.41, 5.74) is 0.421. The van der Waals surface area contributed by atoms with Gasteiger partial charge in [0, 0.05) is 32.2 Å². The van der Waals surface area contributed by atoms with Gasteiger partial charge in [-0.3, -0.25) is 0 Å². The minimum absolute atomic E-state index is 0.244. The molecule has 1 atom stereocenters. The highest BCUT2D eigenvalue weighted by Gasteiger charge is 2.49. The van der Waals surface area contributed by atoms with Crippen LogP contribution < -0.4 is 0 Å². The zero-order valence-electron chi connectivity index (χ0n) is 8.08. The molecule has 76 valence electrons. The van der Waals surface area contributed by atoms with Crippen molar-refractivity contribution in [2.24, 2.45) is 11.3 Å². The van der Waals surface area contributed by atoms with Crippen LogP contribution in [0.15, 0.2) is 0 Å². The monoisotopic (exact) mass is 185 g/mol. The van der Waals surface area contributed by atoms with Gasteiger partial charge in [-0.25, -0.2) is 0 Å². The maximum Gasteiger partial charge on any atom is 0.0558 e. The average Bonchev–Trinajstić information content (AvgIpc) is 2.43. The van der Waals surface area contributed by atoms with Crippen molar-refractivity contribution in [3.8, 4) is 0 Å². The van der Waals surface area contributed by atoms with Gasteiger partial charge < -0.3 is 15.1 Å². The van der Waals surface area contributed by atoms with E-state index in [-0.39, 0.29) is 6.61 Å². The van der Waals surface area contributed by atoms with E-state index < -0.39 is 0 Å². The van der Waals surface area contributed by atoms with E-state index in [2.05, 4.69) is 4.90 Å². The van der Waals surface area contributed by atoms with Crippen molar-refractivity contribution in [2.45, 2.75) is 19.3 Å². The molecule has 0 radical (unpaired) electrons. The van der Waals surface area contributed by atoms with E-state index in [1.165, 1.54) is 19.3 Å². The number of nitrogens with zero attached hydrogens (tertiary/aromatic N) is 1. The molecule has 0 unspecified atom stereocenters. The number of rotatable bonds is 3. The second-order valence-corrected chi connectivity index (χ2v) is 4.55. The molecule has 3 heteroatoms. The molecule has 2 rings (SSSR count). The van der Waals surface area contributed by atoms with Crippen LogP contribution in [0, 0.1) is 11.3 Å². The summed E-state index contributed by atoms with van der Waals surface area (Å²) >= 11 is 0. The van der Waals surface area contributed by atoms with Gasteiger partial charge in [-0.2, -0.15) is 0 Å². The fraction of sp³-hybridized carbons (Fsp3) is 1.00. The Hall–Kier alpha value is -0.120. The maximum absolute atomic E-state index is 9.26. The maximum atomic E-state index is 9.26. The number of likely N-dealkylation sites (tertiary alicyclic amines) is 1. The first kappa shape index (κ1) is 9.44. The van der Waals surface area contributed by atoms with Gasteiger partial charge in [0.2, 0.25) is 0 Å². The summed E-state index contributed by atoms with van der Waals surface area (Å²) in [4.78, 5) is 2.29. The first-order chi connectivity index (χ1) is 6.30. The van der Waals surface area contributed by atoms with E-state index in [0.717, 1.165) is 19.6 Å². The van der Waals surface area contributed by atoms with Crippen LogP contribution in [-0.2, 0) is 0 Å². The summed E-state index contributed by atoms with van der Waals surface area (Å²) in [7, 11) is 0. The zero-order valence-corrected chi connectivity index (χ0v) is 8.08. The topological polar surface area (TPSA) is 43.7 Å². The standard InChI is InChI=1S/C10H19NO2/c12-5-4-11-6-9(7-13)10(8-11)2-1-3-10/h9,12-13H,1-8H2/t9-/m0/s1. The Kier molecular flexibility index (Phi) is 2.58. The lowest BCUT2D eigenvalue weighted by atomic mass is 9.63. The van der Waals surface area contributed by atoms with Crippen molar-refractivity contribution in [3.63, 3.8) is 0 Å². The molecule has 0 aromatic rings. The predicted molar refractivity (Wildman–Crippen MR) is 50.4 cm³/mol. The van der Waals surface area contributed by atoms with E-state index >= 15 is 0 Å². The minimum atomic E-state index is 0.244. The summed E-state index contributed by atoms with van der Waals surface area (Å²) in [6.07, 6.45) is 3.88. The van der Waals surface area contributed by atoms with Crippen LogP contribution in [0.1, 0.15) is 19.3 Å². The van der Waals surface area contributed by atoms with Gasteiger partial charge in [0.25, 0.3) is 0 Å². The number of hydrogen-bond donors (Lipinski definition) is 2. The number of hydrogen-bond acceptors (Lipinski definition) is 3. The van der Waals surface area contributed by atoms with Crippen molar-refractivity contribution < 1.29 is 10.2 Å². The van der Waals surface area contributed by atoms with E-state index in [9.17, 15) is 5.11 Å². The average molecular weight is 185 g/mol. The van der Waals surface area contributed by atoms with Crippen LogP contribution in [0.5, 0.6) is 0 Å². The van der Waals surface area contributed by atoms with E-state index in [4.69, 9.17) is 5.11 Å². The van der Waals surface area contributed by atoms with Crippen molar-refractivity contribution in [2.75, 3.05) is 32.8 Å². The molecule has 2 aliphatic rings. The predicted octanol–water partition coefficient (Wildman–Crippen LogP) is 0.0731. The molecule has 1 aliphatic heterocycles. The van der Waals surface area contributed by atoms with Gasteiger partial charge in [0.15, 0.2) is 0 Å². The van der Waals surface area contributed by atoms with Gasteiger partial charge in [0.1, 0.15) is 0 Å². The van der Waals surface area contributed by atoms with E-state index in [1.54, 1.807) is 0 Å². The molecule has 1 spiro atoms. The second kappa shape index (κ2) is 3.56. The van der Waals surface area contributed by atoms with E-state index in [1.807, 2.05) is 0 Å². The lowest BCUT2D eigenvalue weighted by Gasteiger charge is -2.42. The molecule has 0 aromatic carbocycles. The first-order valence-corrected chi connectivity index (χ1v) is 5.25. The molecule has 2 N–H and O–H groups in total. The van der Waals surface area contributed by atoms with Crippen LogP contribution in [0.25, 0.3) is 0 Å². The summed E-state index contributed by atoms with van der Waals surface area (Å²) in [6, 6.07) is 0. The van der Waals surface area contributed by atoms with Crippen LogP contribution in [0.4, 0.5) is 0 Å². The molecule has 1 aliphatic carbocycles. The normalized spacial score (nSPS) is 32.3. The molecule has 0 aromatic heterocycles. The molecule has 0 bridgehead atoms. The van der Waals surface area contributed by atoms with Crippen LogP contribution >= 0.6 is 0 Å². The fourth-order valence-electron chi connectivity index (χ4n) is 2.90. The Morgan fingerprint density at radius 3 is 2.46 bits per heavy atom. The Bertz CT molecular complexity index is 180. The van der Waals surface area contributed by atoms with Crippen molar-refractivity contribution in [1.29, 1.82) is 0 Å². The van der Waals surface area contributed by atoms with Gasteiger partial charge in [0.05, 0.1) is 6.61 Å². The third-order valence-corrected chi connectivity index (χ3v) is 3.87. The van der Waals surface area contributed by atoms with Crippen LogP contribution in [-0.4, -0.2) is 48.0 Å². The Labute approximate surface area is 79.4 Å². The molecular formula is C10H19NO2. The Balaban J connectivity index is 1.96. The molecule has 1 saturated carbocycles. The van der Waals surface area contributed by atoms with E-state index in [0.29, 0.717) is 17.9 Å². The smallest absolute Gasteiger partial charge is 0.0558 e. The molecule has 0 amide bonds. The van der Waals surface area contributed by atoms with Crippen molar-refractivity contribution in [3.05, 3.63) is 0 Å². The summed E-state index contributed by atoms with van der Waals surface area (Å²) in [6.45, 7) is 3.42. The Morgan fingerprint density at radius 2 is 2.08 bits per heavy atom. The highest BCUT2D eigenvalue weighted by Crippen LogP contribution is 2.51. The number of β-amino-alcohol motifs (C(OH)–C–C–N with tert-alkyl or cyclic N) is 1. The second-order valence-electron chi connectivity index (χ2n) is 4.55. The lowest BCUT2D eigenvalue weighted by molar-refractivity contribution is 0.0538. The molecule has 13 heavy (non-hydrogen) atoms. The largest absolute Gasteiger partial charge is 0.396 e. The third-order valence-electron chi connectivity index (χ3n) is 3.87. The van der Waals surface area contributed by atoms with Crippen molar-refractivity contribution in [1.82, 2.24) is 4.90 Å². The summed E-state index contributed by atoms with van der Waals surface area (Å²) < 4.78 is 0. The lowest BCUT2D eigenvalue weighted by Crippen LogP contribution is -2.39. The molecule has 3 nitrogen and oxygen atoms in total. The quantitative estimate of drug-likeness (QED) is 0.654. The van der Waals surface area contributed by atoms with Gasteiger partial charge in [-0.15, -0.1) is 0 Å². The zero-order chi connectivity index (χ0) is 9.31. The number of aliphatic hydroxyl groups excluding tert-OH is 2. The summed E-state index contributed by atoms with van der Waals surface area (Å²) in [5.74, 6) is 0.466. The van der Waals surface area contributed by atoms with Gasteiger partial charge in [-0.05, 0) is 18.3 Å². The fourth-order valence-corrected chi connectivity index (χ4v) is 2.90. The van der Waals surface area contributed by atoms with Crippen LogP contribution in [0.3, 0.4) is 0 Å². The highest BCUT2D eigenvalue weighted by atomic mass is 16.3.